The van der Waals surface area contributed by atoms with Gasteiger partial charge in [0.05, 0.1) is 18.9 Å². The van der Waals surface area contributed by atoms with E-state index >= 15 is 0 Å². The van der Waals surface area contributed by atoms with Crippen LogP contribution in [0.15, 0.2) is 60.8 Å². The van der Waals surface area contributed by atoms with E-state index < -0.39 is 0 Å². The largest absolute Gasteiger partial charge is 0.495 e. The number of benzene rings is 2. The van der Waals surface area contributed by atoms with E-state index in [9.17, 15) is 0 Å². The van der Waals surface area contributed by atoms with Crippen molar-refractivity contribution in [1.29, 1.82) is 0 Å². The Hall–Kier alpha value is -3.28. The Morgan fingerprint density at radius 3 is 2.42 bits per heavy atom. The first kappa shape index (κ1) is 17.5. The lowest BCUT2D eigenvalue weighted by Gasteiger charge is -2.12. The van der Waals surface area contributed by atoms with Crippen molar-refractivity contribution in [1.82, 2.24) is 9.97 Å². The van der Waals surface area contributed by atoms with Gasteiger partial charge in [-0.1, -0.05) is 12.1 Å². The van der Waals surface area contributed by atoms with Crippen molar-refractivity contribution in [2.24, 2.45) is 0 Å². The van der Waals surface area contributed by atoms with Crippen LogP contribution in [0.25, 0.3) is 0 Å². The number of rotatable bonds is 7. The average molecular weight is 350 g/mol. The maximum Gasteiger partial charge on any atom is 0.229 e. The van der Waals surface area contributed by atoms with Gasteiger partial charge in [0, 0.05) is 11.9 Å². The van der Waals surface area contributed by atoms with E-state index in [1.807, 2.05) is 62.4 Å². The summed E-state index contributed by atoms with van der Waals surface area (Å²) in [7, 11) is 1.64. The summed E-state index contributed by atoms with van der Waals surface area (Å²) in [5.41, 5.74) is 1.73. The van der Waals surface area contributed by atoms with E-state index in [-0.39, 0.29) is 6.10 Å². The van der Waals surface area contributed by atoms with E-state index in [2.05, 4.69) is 20.6 Å². The Morgan fingerprint density at radius 2 is 1.69 bits per heavy atom. The highest BCUT2D eigenvalue weighted by Gasteiger charge is 2.05. The normalized spacial score (nSPS) is 10.5. The quantitative estimate of drug-likeness (QED) is 0.640. The van der Waals surface area contributed by atoms with Crippen LogP contribution in [-0.4, -0.2) is 23.2 Å². The number of anilines is 4. The molecule has 2 N–H and O–H groups in total. The Bertz CT molecular complexity index is 850. The third kappa shape index (κ3) is 4.63. The van der Waals surface area contributed by atoms with Gasteiger partial charge >= 0.3 is 0 Å². The lowest BCUT2D eigenvalue weighted by atomic mass is 10.3. The molecule has 6 heteroatoms. The van der Waals surface area contributed by atoms with Crippen molar-refractivity contribution in [2.45, 2.75) is 20.0 Å². The van der Waals surface area contributed by atoms with Gasteiger partial charge in [-0.2, -0.15) is 4.98 Å². The summed E-state index contributed by atoms with van der Waals surface area (Å²) in [4.78, 5) is 8.75. The van der Waals surface area contributed by atoms with E-state index in [4.69, 9.17) is 9.47 Å². The molecule has 0 radical (unpaired) electrons. The van der Waals surface area contributed by atoms with Crippen LogP contribution in [0.3, 0.4) is 0 Å². The van der Waals surface area contributed by atoms with Crippen molar-refractivity contribution in [2.75, 3.05) is 17.7 Å². The second kappa shape index (κ2) is 8.20. The molecule has 0 aliphatic carbocycles. The topological polar surface area (TPSA) is 68.3 Å². The van der Waals surface area contributed by atoms with Gasteiger partial charge in [0.25, 0.3) is 0 Å². The molecule has 0 saturated carbocycles. The van der Waals surface area contributed by atoms with Gasteiger partial charge in [0.2, 0.25) is 5.95 Å². The molecule has 6 nitrogen and oxygen atoms in total. The standard InChI is InChI=1S/C20H22N4O2/c1-14(2)26-16-10-8-15(9-11-16)22-20-21-13-12-19(24-20)23-17-6-4-5-7-18(17)25-3/h4-14H,1-3H3,(H2,21,22,23,24). The number of nitrogens with zero attached hydrogens (tertiary/aromatic N) is 2. The van der Waals surface area contributed by atoms with Gasteiger partial charge in [-0.25, -0.2) is 4.98 Å². The zero-order valence-electron chi connectivity index (χ0n) is 15.1. The highest BCUT2D eigenvalue weighted by Crippen LogP contribution is 2.26. The molecule has 2 aromatic carbocycles. The number of nitrogens with one attached hydrogen (secondary N) is 2. The summed E-state index contributed by atoms with van der Waals surface area (Å²) in [6.45, 7) is 4.00. The van der Waals surface area contributed by atoms with Gasteiger partial charge in [-0.05, 0) is 56.3 Å². The molecule has 26 heavy (non-hydrogen) atoms. The first-order chi connectivity index (χ1) is 12.6. The number of para-hydroxylation sites is 2. The van der Waals surface area contributed by atoms with E-state index in [1.54, 1.807) is 19.4 Å². The van der Waals surface area contributed by atoms with Gasteiger partial charge in [0.15, 0.2) is 0 Å². The molecule has 1 heterocycles. The average Bonchev–Trinajstić information content (AvgIpc) is 2.64. The predicted octanol–water partition coefficient (Wildman–Crippen LogP) is 4.76. The van der Waals surface area contributed by atoms with Crippen LogP contribution in [0.4, 0.5) is 23.1 Å². The first-order valence-corrected chi connectivity index (χ1v) is 8.41. The fourth-order valence-corrected chi connectivity index (χ4v) is 2.39. The van der Waals surface area contributed by atoms with Crippen LogP contribution in [0.2, 0.25) is 0 Å². The van der Waals surface area contributed by atoms with Crippen LogP contribution in [-0.2, 0) is 0 Å². The third-order valence-electron chi connectivity index (χ3n) is 3.51. The minimum Gasteiger partial charge on any atom is -0.495 e. The molecule has 0 fully saturated rings. The molecule has 0 bridgehead atoms. The van der Waals surface area contributed by atoms with E-state index in [0.29, 0.717) is 11.8 Å². The van der Waals surface area contributed by atoms with Gasteiger partial charge in [0.1, 0.15) is 17.3 Å². The summed E-state index contributed by atoms with van der Waals surface area (Å²) in [6, 6.07) is 17.2. The maximum atomic E-state index is 5.65. The molecule has 3 aromatic rings. The fourth-order valence-electron chi connectivity index (χ4n) is 2.39. The summed E-state index contributed by atoms with van der Waals surface area (Å²) in [5.74, 6) is 2.76. The minimum absolute atomic E-state index is 0.148. The summed E-state index contributed by atoms with van der Waals surface area (Å²) < 4.78 is 11.0. The molecule has 0 unspecified atom stereocenters. The molecule has 0 saturated heterocycles. The number of aromatic nitrogens is 2. The monoisotopic (exact) mass is 350 g/mol. The smallest absolute Gasteiger partial charge is 0.229 e. The molecule has 1 aromatic heterocycles. The van der Waals surface area contributed by atoms with Gasteiger partial charge < -0.3 is 20.1 Å². The number of methoxy groups -OCH3 is 1. The number of ether oxygens (including phenoxy) is 2. The molecule has 3 rings (SSSR count). The molecule has 0 aliphatic heterocycles. The van der Waals surface area contributed by atoms with E-state index in [1.165, 1.54) is 0 Å². The van der Waals surface area contributed by atoms with E-state index in [0.717, 1.165) is 22.9 Å². The van der Waals surface area contributed by atoms with Crippen LogP contribution in [0, 0.1) is 0 Å². The van der Waals surface area contributed by atoms with Crippen molar-refractivity contribution in [3.8, 4) is 11.5 Å². The summed E-state index contributed by atoms with van der Waals surface area (Å²) >= 11 is 0. The lowest BCUT2D eigenvalue weighted by molar-refractivity contribution is 0.242. The van der Waals surface area contributed by atoms with Crippen molar-refractivity contribution < 1.29 is 9.47 Å². The van der Waals surface area contributed by atoms with Gasteiger partial charge in [-0.3, -0.25) is 0 Å². The first-order valence-electron chi connectivity index (χ1n) is 8.41. The summed E-state index contributed by atoms with van der Waals surface area (Å²) in [6.07, 6.45) is 1.85. The Labute approximate surface area is 153 Å². The zero-order chi connectivity index (χ0) is 18.4. The molecular formula is C20H22N4O2. The molecule has 0 atom stereocenters. The Balaban J connectivity index is 1.71. The second-order valence-corrected chi connectivity index (χ2v) is 5.91. The highest BCUT2D eigenvalue weighted by molar-refractivity contribution is 5.65. The third-order valence-corrected chi connectivity index (χ3v) is 3.51. The second-order valence-electron chi connectivity index (χ2n) is 5.91. The van der Waals surface area contributed by atoms with Crippen LogP contribution >= 0.6 is 0 Å². The SMILES string of the molecule is COc1ccccc1Nc1ccnc(Nc2ccc(OC(C)C)cc2)n1. The number of hydrogen-bond acceptors (Lipinski definition) is 6. The predicted molar refractivity (Wildman–Crippen MR) is 104 cm³/mol. The molecule has 0 aliphatic rings. The summed E-state index contributed by atoms with van der Waals surface area (Å²) in [5, 5.41) is 6.43. The van der Waals surface area contributed by atoms with Crippen molar-refractivity contribution in [3.63, 3.8) is 0 Å². The molecule has 134 valence electrons. The van der Waals surface area contributed by atoms with Crippen LogP contribution in [0.1, 0.15) is 13.8 Å². The highest BCUT2D eigenvalue weighted by atomic mass is 16.5. The molecule has 0 amide bonds. The Kier molecular flexibility index (Phi) is 5.53. The fraction of sp³-hybridized carbons (Fsp3) is 0.200. The maximum absolute atomic E-state index is 5.65. The van der Waals surface area contributed by atoms with Crippen molar-refractivity contribution >= 4 is 23.1 Å². The molecule has 0 spiro atoms. The number of hydrogen-bond donors (Lipinski definition) is 2. The van der Waals surface area contributed by atoms with Crippen molar-refractivity contribution in [3.05, 3.63) is 60.8 Å². The van der Waals surface area contributed by atoms with Crippen LogP contribution in [0.5, 0.6) is 11.5 Å². The molecular weight excluding hydrogens is 328 g/mol. The lowest BCUT2D eigenvalue weighted by Crippen LogP contribution is -2.05. The van der Waals surface area contributed by atoms with Gasteiger partial charge in [-0.15, -0.1) is 0 Å². The zero-order valence-corrected chi connectivity index (χ0v) is 15.1. The van der Waals surface area contributed by atoms with Crippen LogP contribution < -0.4 is 20.1 Å². The Morgan fingerprint density at radius 1 is 0.923 bits per heavy atom. The minimum atomic E-state index is 0.148.